The summed E-state index contributed by atoms with van der Waals surface area (Å²) in [6.07, 6.45) is 0. The van der Waals surface area contributed by atoms with Crippen LogP contribution < -0.4 is 21.4 Å². The Balaban J connectivity index is 2.36. The average molecular weight is 358 g/mol. The van der Waals surface area contributed by atoms with Crippen molar-refractivity contribution < 1.29 is 0 Å². The van der Waals surface area contributed by atoms with Crippen molar-refractivity contribution in [3.8, 4) is 0 Å². The predicted octanol–water partition coefficient (Wildman–Crippen LogP) is 3.70. The summed E-state index contributed by atoms with van der Waals surface area (Å²) in [7, 11) is 0. The third kappa shape index (κ3) is 2.34. The molecule has 3 heteroatoms. The minimum absolute atomic E-state index is 1.13. The van der Waals surface area contributed by atoms with E-state index in [9.17, 15) is 0 Å². The molecule has 0 aliphatic carbocycles. The van der Waals surface area contributed by atoms with E-state index < -0.39 is 5.46 Å². The van der Waals surface area contributed by atoms with Gasteiger partial charge < -0.3 is 0 Å². The topological polar surface area (TPSA) is 26.0 Å². The summed E-state index contributed by atoms with van der Waals surface area (Å²) in [4.78, 5) is 0. The Morgan fingerprint density at radius 3 is 1.00 bits per heavy atom. The molecule has 0 bridgehead atoms. The van der Waals surface area contributed by atoms with Gasteiger partial charge in [-0.3, -0.25) is 0 Å². The summed E-state index contributed by atoms with van der Waals surface area (Å²) in [6.45, 7) is 0. The molecule has 0 aliphatic rings. The molecule has 0 atom stereocenters. The molecule has 2 N–H and O–H groups in total. The van der Waals surface area contributed by atoms with Crippen LogP contribution in [0, 0.1) is 0 Å². The average Bonchev–Trinajstić information content (AvgIpc) is 2.57. The second kappa shape index (κ2) is 5.38. The van der Waals surface area contributed by atoms with Gasteiger partial charge in [0.2, 0.25) is 0 Å². The summed E-state index contributed by atoms with van der Waals surface area (Å²) >= 11 is 4.02. The third-order valence-corrected chi connectivity index (χ3v) is 11.4. The van der Waals surface area contributed by atoms with Crippen molar-refractivity contribution in [3.63, 3.8) is 0 Å². The van der Waals surface area contributed by atoms with Crippen LogP contribution in [0.5, 0.6) is 0 Å². The zero-order valence-electron chi connectivity index (χ0n) is 11.6. The fraction of sp³-hybridized carbons (Fsp3) is 0. The van der Waals surface area contributed by atoms with Crippen molar-refractivity contribution in [3.05, 3.63) is 91.0 Å². The van der Waals surface area contributed by atoms with Crippen LogP contribution in [0.1, 0.15) is 0 Å². The van der Waals surface area contributed by atoms with Crippen LogP contribution in [0.15, 0.2) is 91.0 Å². The van der Waals surface area contributed by atoms with Gasteiger partial charge in [0, 0.05) is 0 Å². The first-order chi connectivity index (χ1) is 10.1. The molecule has 1 nitrogen and oxygen atoms in total. The van der Waals surface area contributed by atoms with E-state index in [1.54, 1.807) is 0 Å². The van der Waals surface area contributed by atoms with Crippen molar-refractivity contribution in [2.24, 2.45) is 5.50 Å². The van der Waals surface area contributed by atoms with Gasteiger partial charge in [0.15, 0.2) is 0 Å². The van der Waals surface area contributed by atoms with Crippen molar-refractivity contribution in [2.45, 2.75) is 0 Å². The van der Waals surface area contributed by atoms with E-state index in [1.165, 1.54) is 0 Å². The van der Waals surface area contributed by atoms with Crippen LogP contribution in [0.25, 0.3) is 0 Å². The molecule has 0 unspecified atom stereocenters. The van der Waals surface area contributed by atoms with Crippen LogP contribution in [0.2, 0.25) is 0 Å². The van der Waals surface area contributed by atoms with Crippen LogP contribution in [0.4, 0.5) is 0 Å². The van der Waals surface area contributed by atoms with E-state index in [4.69, 9.17) is 5.50 Å². The molecule has 0 fully saturated rings. The van der Waals surface area contributed by atoms with Crippen molar-refractivity contribution in [1.29, 1.82) is 0 Å². The second-order valence-corrected chi connectivity index (χ2v) is 13.2. The number of benzene rings is 3. The van der Waals surface area contributed by atoms with Gasteiger partial charge >= 0.3 is 133 Å². The van der Waals surface area contributed by atoms with E-state index in [1.807, 2.05) is 54.6 Å². The Hall–Kier alpha value is -1.47. The summed E-state index contributed by atoms with van der Waals surface area (Å²) in [5.41, 5.74) is 4.09. The Labute approximate surface area is 133 Å². The van der Waals surface area contributed by atoms with Gasteiger partial charge in [-0.15, -0.1) is 0 Å². The third-order valence-electron chi connectivity index (χ3n) is 3.78. The number of halogens is 1. The molecule has 0 saturated heterocycles. The standard InChI is InChI=1S/C18H17BrNP/c19-21(20,16-10-4-1-5-11-16,17-12-6-2-7-13-17)18-14-8-3-9-15-18/h1-15H,20H2. The summed E-state index contributed by atoms with van der Waals surface area (Å²) in [6, 6.07) is 30.9. The monoisotopic (exact) mass is 357 g/mol. The molecule has 0 saturated carbocycles. The van der Waals surface area contributed by atoms with Crippen molar-refractivity contribution in [2.75, 3.05) is 0 Å². The van der Waals surface area contributed by atoms with E-state index >= 15 is 0 Å². The molecule has 3 rings (SSSR count). The SMILES string of the molecule is NP(Br)(c1ccccc1)(c1ccccc1)c1ccccc1. The Bertz CT molecular complexity index is 624. The quantitative estimate of drug-likeness (QED) is 0.710. The van der Waals surface area contributed by atoms with Crippen molar-refractivity contribution >= 4 is 36.9 Å². The predicted molar refractivity (Wildman–Crippen MR) is 98.3 cm³/mol. The van der Waals surface area contributed by atoms with E-state index in [0.29, 0.717) is 0 Å². The Morgan fingerprint density at radius 2 is 0.762 bits per heavy atom. The van der Waals surface area contributed by atoms with E-state index in [-0.39, 0.29) is 0 Å². The zero-order chi connectivity index (χ0) is 14.8. The second-order valence-electron chi connectivity index (χ2n) is 5.08. The van der Waals surface area contributed by atoms with Gasteiger partial charge in [0.05, 0.1) is 0 Å². The van der Waals surface area contributed by atoms with Gasteiger partial charge in [-0.25, -0.2) is 0 Å². The van der Waals surface area contributed by atoms with Crippen molar-refractivity contribution in [1.82, 2.24) is 0 Å². The fourth-order valence-electron chi connectivity index (χ4n) is 2.61. The summed E-state index contributed by atoms with van der Waals surface area (Å²) in [5, 5.41) is 3.38. The molecule has 106 valence electrons. The molecule has 0 radical (unpaired) electrons. The number of rotatable bonds is 3. The maximum absolute atomic E-state index is 7.15. The Morgan fingerprint density at radius 1 is 0.524 bits per heavy atom. The molecular weight excluding hydrogens is 341 g/mol. The van der Waals surface area contributed by atoms with E-state index in [0.717, 1.165) is 15.9 Å². The zero-order valence-corrected chi connectivity index (χ0v) is 14.0. The molecule has 0 amide bonds. The molecule has 3 aromatic carbocycles. The van der Waals surface area contributed by atoms with Crippen LogP contribution in [0.3, 0.4) is 0 Å². The van der Waals surface area contributed by atoms with Crippen LogP contribution >= 0.6 is 20.9 Å². The summed E-state index contributed by atoms with van der Waals surface area (Å²) < 4.78 is 0. The normalized spacial score (nSPS) is 13.3. The first-order valence-corrected chi connectivity index (χ1v) is 11.2. The van der Waals surface area contributed by atoms with Gasteiger partial charge in [-0.2, -0.15) is 0 Å². The first-order valence-electron chi connectivity index (χ1n) is 6.83. The number of hydrogen-bond acceptors (Lipinski definition) is 1. The number of hydrogen-bond donors (Lipinski definition) is 1. The Kier molecular flexibility index (Phi) is 3.71. The van der Waals surface area contributed by atoms with Gasteiger partial charge in [0.1, 0.15) is 0 Å². The number of nitrogens with two attached hydrogens (primary N) is 1. The first kappa shape index (κ1) is 14.5. The molecule has 0 spiro atoms. The molecule has 0 aromatic heterocycles. The van der Waals surface area contributed by atoms with Crippen LogP contribution in [-0.2, 0) is 0 Å². The molecule has 0 heterocycles. The van der Waals surface area contributed by atoms with Gasteiger partial charge in [0.25, 0.3) is 0 Å². The molecule has 21 heavy (non-hydrogen) atoms. The summed E-state index contributed by atoms with van der Waals surface area (Å²) in [5.74, 6) is 0. The molecular formula is C18H17BrNP. The van der Waals surface area contributed by atoms with E-state index in [2.05, 4.69) is 51.9 Å². The fourth-order valence-corrected chi connectivity index (χ4v) is 7.89. The van der Waals surface area contributed by atoms with Crippen LogP contribution in [-0.4, -0.2) is 0 Å². The minimum atomic E-state index is -3.06. The van der Waals surface area contributed by atoms with Gasteiger partial charge in [-0.1, -0.05) is 0 Å². The van der Waals surface area contributed by atoms with Gasteiger partial charge in [-0.05, 0) is 0 Å². The molecule has 3 aromatic rings. The molecule has 0 aliphatic heterocycles. The maximum atomic E-state index is 7.15.